The lowest BCUT2D eigenvalue weighted by atomic mass is 9.54. The number of carbonyl (C=O) groups excluding carboxylic acids is 1. The normalized spacial score (nSPS) is 29.9. The molecule has 0 saturated heterocycles. The van der Waals surface area contributed by atoms with E-state index in [1.165, 1.54) is 13.8 Å². The van der Waals surface area contributed by atoms with Crippen molar-refractivity contribution in [3.05, 3.63) is 0 Å². The van der Waals surface area contributed by atoms with Crippen molar-refractivity contribution in [3.63, 3.8) is 0 Å². The molecule has 1 fully saturated rings. The molecular formula is C12H24N2O4S. The van der Waals surface area contributed by atoms with Crippen LogP contribution in [-0.4, -0.2) is 37.8 Å². The van der Waals surface area contributed by atoms with Gasteiger partial charge in [0.25, 0.3) is 5.91 Å². The van der Waals surface area contributed by atoms with E-state index in [0.717, 1.165) is 0 Å². The zero-order valence-electron chi connectivity index (χ0n) is 12.2. The molecule has 0 aliphatic heterocycles. The van der Waals surface area contributed by atoms with Crippen molar-refractivity contribution >= 4 is 15.9 Å². The van der Waals surface area contributed by atoms with Crippen LogP contribution in [0.5, 0.6) is 0 Å². The van der Waals surface area contributed by atoms with Crippen LogP contribution in [0.1, 0.15) is 41.0 Å². The number of hydrogen-bond donors (Lipinski definition) is 2. The van der Waals surface area contributed by atoms with E-state index < -0.39 is 32.1 Å². The lowest BCUT2D eigenvalue weighted by Crippen LogP contribution is -2.76. The van der Waals surface area contributed by atoms with Gasteiger partial charge in [0, 0.05) is 18.4 Å². The lowest BCUT2D eigenvalue weighted by molar-refractivity contribution is -0.169. The van der Waals surface area contributed by atoms with Gasteiger partial charge >= 0.3 is 0 Å². The Balaban J connectivity index is 2.85. The minimum absolute atomic E-state index is 0.130. The zero-order chi connectivity index (χ0) is 15.1. The van der Waals surface area contributed by atoms with Crippen molar-refractivity contribution < 1.29 is 17.9 Å². The predicted octanol–water partition coefficient (Wildman–Crippen LogP) is 0.373. The summed E-state index contributed by atoms with van der Waals surface area (Å²) < 4.78 is 31.0. The van der Waals surface area contributed by atoms with Crippen LogP contribution >= 0.6 is 0 Å². The predicted molar refractivity (Wildman–Crippen MR) is 72.9 cm³/mol. The average Bonchev–Trinajstić information content (AvgIpc) is 2.27. The topological polar surface area (TPSA) is 98.5 Å². The van der Waals surface area contributed by atoms with Gasteiger partial charge in [-0.2, -0.15) is 0 Å². The summed E-state index contributed by atoms with van der Waals surface area (Å²) in [7, 11) is -3.66. The van der Waals surface area contributed by atoms with Gasteiger partial charge in [0.05, 0.1) is 11.4 Å². The minimum atomic E-state index is -3.66. The third kappa shape index (κ3) is 2.64. The van der Waals surface area contributed by atoms with E-state index in [1.807, 2.05) is 20.8 Å². The van der Waals surface area contributed by atoms with Crippen LogP contribution in [0.3, 0.4) is 0 Å². The fourth-order valence-corrected chi connectivity index (χ4v) is 2.83. The van der Waals surface area contributed by atoms with Crippen molar-refractivity contribution in [2.24, 2.45) is 11.1 Å². The van der Waals surface area contributed by atoms with Gasteiger partial charge in [-0.3, -0.25) is 9.52 Å². The molecule has 6 nitrogen and oxygen atoms in total. The maximum Gasteiger partial charge on any atom is 0.254 e. The molecule has 1 aliphatic rings. The van der Waals surface area contributed by atoms with E-state index in [2.05, 4.69) is 4.72 Å². The number of hydrogen-bond acceptors (Lipinski definition) is 5. The molecule has 112 valence electrons. The van der Waals surface area contributed by atoms with Crippen LogP contribution in [0.15, 0.2) is 0 Å². The number of carbonyl (C=O) groups is 1. The molecule has 19 heavy (non-hydrogen) atoms. The summed E-state index contributed by atoms with van der Waals surface area (Å²) >= 11 is 0. The highest BCUT2D eigenvalue weighted by molar-refractivity contribution is 7.90. The number of sulfonamides is 1. The van der Waals surface area contributed by atoms with Crippen molar-refractivity contribution in [2.45, 2.75) is 57.9 Å². The first kappa shape index (κ1) is 16.4. The van der Waals surface area contributed by atoms with E-state index >= 15 is 0 Å². The van der Waals surface area contributed by atoms with Crippen LogP contribution in [0.2, 0.25) is 0 Å². The Kier molecular flexibility index (Phi) is 4.34. The molecule has 3 N–H and O–H groups in total. The van der Waals surface area contributed by atoms with Gasteiger partial charge in [0.2, 0.25) is 10.0 Å². The summed E-state index contributed by atoms with van der Waals surface area (Å²) in [4.78, 5) is 12.2. The second kappa shape index (κ2) is 5.03. The molecule has 0 aromatic heterocycles. The average molecular weight is 292 g/mol. The van der Waals surface area contributed by atoms with Crippen LogP contribution < -0.4 is 10.5 Å². The first-order chi connectivity index (χ1) is 8.49. The van der Waals surface area contributed by atoms with Crippen LogP contribution in [0.4, 0.5) is 0 Å². The molecular weight excluding hydrogens is 268 g/mol. The Labute approximate surface area is 115 Å². The van der Waals surface area contributed by atoms with E-state index in [4.69, 9.17) is 10.5 Å². The second-order valence-corrected chi connectivity index (χ2v) is 8.10. The number of nitrogens with one attached hydrogen (secondary N) is 1. The highest BCUT2D eigenvalue weighted by atomic mass is 32.2. The Morgan fingerprint density at radius 2 is 2.00 bits per heavy atom. The van der Waals surface area contributed by atoms with Gasteiger partial charge in [-0.05, 0) is 20.8 Å². The Hall–Kier alpha value is -0.660. The standard InChI is InChI=1S/C12H24N2O4S/c1-6-18-9-7-12(13,11(9,4)5)10(15)14-19(16,17)8(2)3/h8-9H,6-7,13H2,1-5H3,(H,14,15). The molecule has 0 aromatic rings. The molecule has 2 unspecified atom stereocenters. The maximum absolute atomic E-state index is 12.2. The van der Waals surface area contributed by atoms with Gasteiger partial charge in [-0.1, -0.05) is 13.8 Å². The molecule has 0 heterocycles. The highest BCUT2D eigenvalue weighted by Crippen LogP contribution is 2.49. The van der Waals surface area contributed by atoms with Gasteiger partial charge in [0.15, 0.2) is 0 Å². The molecule has 1 aliphatic carbocycles. The number of nitrogens with two attached hydrogens (primary N) is 1. The van der Waals surface area contributed by atoms with Gasteiger partial charge in [-0.15, -0.1) is 0 Å². The Morgan fingerprint density at radius 3 is 2.37 bits per heavy atom. The quantitative estimate of drug-likeness (QED) is 0.763. The van der Waals surface area contributed by atoms with Crippen molar-refractivity contribution in [1.29, 1.82) is 0 Å². The van der Waals surface area contributed by atoms with E-state index in [9.17, 15) is 13.2 Å². The van der Waals surface area contributed by atoms with Gasteiger partial charge in [-0.25, -0.2) is 8.42 Å². The smallest absolute Gasteiger partial charge is 0.254 e. The van der Waals surface area contributed by atoms with Crippen LogP contribution in [0, 0.1) is 5.41 Å². The third-order valence-electron chi connectivity index (χ3n) is 4.09. The maximum atomic E-state index is 12.2. The van der Waals surface area contributed by atoms with Crippen molar-refractivity contribution in [1.82, 2.24) is 4.72 Å². The minimum Gasteiger partial charge on any atom is -0.378 e. The van der Waals surface area contributed by atoms with Crippen LogP contribution in [0.25, 0.3) is 0 Å². The molecule has 0 aromatic carbocycles. The largest absolute Gasteiger partial charge is 0.378 e. The van der Waals surface area contributed by atoms with Crippen molar-refractivity contribution in [2.75, 3.05) is 6.61 Å². The van der Waals surface area contributed by atoms with Crippen molar-refractivity contribution in [3.8, 4) is 0 Å². The summed E-state index contributed by atoms with van der Waals surface area (Å²) in [5.41, 5.74) is 4.28. The molecule has 0 bridgehead atoms. The SMILES string of the molecule is CCOC1CC(N)(C(=O)NS(=O)(=O)C(C)C)C1(C)C. The molecule has 2 atom stereocenters. The highest BCUT2D eigenvalue weighted by Gasteiger charge is 2.63. The van der Waals surface area contributed by atoms with Crippen LogP contribution in [-0.2, 0) is 19.6 Å². The summed E-state index contributed by atoms with van der Waals surface area (Å²) in [6.07, 6.45) is 0.197. The Morgan fingerprint density at radius 1 is 1.47 bits per heavy atom. The molecule has 1 amide bonds. The van der Waals surface area contributed by atoms with E-state index in [1.54, 1.807) is 0 Å². The number of ether oxygens (including phenoxy) is 1. The second-order valence-electron chi connectivity index (χ2n) is 5.87. The molecule has 1 saturated carbocycles. The molecule has 0 radical (unpaired) electrons. The first-order valence-corrected chi connectivity index (χ1v) is 8.00. The summed E-state index contributed by atoms with van der Waals surface area (Å²) in [5.74, 6) is -0.651. The Bertz CT molecular complexity index is 458. The van der Waals surface area contributed by atoms with E-state index in [0.29, 0.717) is 13.0 Å². The monoisotopic (exact) mass is 292 g/mol. The number of rotatable bonds is 5. The molecule has 7 heteroatoms. The summed E-state index contributed by atoms with van der Waals surface area (Å²) in [5, 5.41) is -0.675. The third-order valence-corrected chi connectivity index (χ3v) is 5.80. The summed E-state index contributed by atoms with van der Waals surface area (Å²) in [6, 6.07) is 0. The van der Waals surface area contributed by atoms with Gasteiger partial charge < -0.3 is 10.5 Å². The van der Waals surface area contributed by atoms with Gasteiger partial charge in [0.1, 0.15) is 5.54 Å². The number of amides is 1. The summed E-state index contributed by atoms with van der Waals surface area (Å²) in [6.45, 7) is 9.06. The fraction of sp³-hybridized carbons (Fsp3) is 0.917. The fourth-order valence-electron chi connectivity index (χ4n) is 2.16. The first-order valence-electron chi connectivity index (χ1n) is 6.45. The van der Waals surface area contributed by atoms with E-state index in [-0.39, 0.29) is 6.10 Å². The molecule has 0 spiro atoms. The lowest BCUT2D eigenvalue weighted by Gasteiger charge is -2.57. The zero-order valence-corrected chi connectivity index (χ0v) is 13.0. The molecule has 1 rings (SSSR count).